The molecule has 0 unspecified atom stereocenters. The van der Waals surface area contributed by atoms with Crippen LogP contribution in [0.1, 0.15) is 85.0 Å². The van der Waals surface area contributed by atoms with E-state index in [0.29, 0.717) is 44.1 Å². The van der Waals surface area contributed by atoms with Gasteiger partial charge in [0.25, 0.3) is 0 Å². The summed E-state index contributed by atoms with van der Waals surface area (Å²) < 4.78 is 37.3. The van der Waals surface area contributed by atoms with Crippen LogP contribution in [0, 0.1) is 0 Å². The van der Waals surface area contributed by atoms with E-state index >= 15 is 0 Å². The molecular weight excluding hydrogens is 604 g/mol. The molecule has 46 heavy (non-hydrogen) atoms. The molecule has 1 saturated heterocycles. The van der Waals surface area contributed by atoms with Crippen molar-refractivity contribution in [3.05, 3.63) is 36.5 Å². The van der Waals surface area contributed by atoms with E-state index in [1.807, 2.05) is 0 Å². The number of ether oxygens (including phenoxy) is 7. The summed E-state index contributed by atoms with van der Waals surface area (Å²) in [4.78, 5) is 71.7. The first kappa shape index (κ1) is 40.0. The Kier molecular flexibility index (Phi) is 19.6. The number of hydrogen-bond donors (Lipinski definition) is 0. The molecule has 0 bridgehead atoms. The molecule has 0 saturated carbocycles. The lowest BCUT2D eigenvalue weighted by atomic mass is 10.0. The summed E-state index contributed by atoms with van der Waals surface area (Å²) >= 11 is 0. The van der Waals surface area contributed by atoms with Crippen molar-refractivity contribution in [1.82, 2.24) is 0 Å². The Labute approximate surface area is 270 Å². The molecule has 0 aliphatic carbocycles. The quantitative estimate of drug-likeness (QED) is 0.0713. The third-order valence-electron chi connectivity index (χ3n) is 6.47. The molecule has 3 atom stereocenters. The van der Waals surface area contributed by atoms with Gasteiger partial charge < -0.3 is 33.2 Å². The van der Waals surface area contributed by atoms with Gasteiger partial charge in [-0.1, -0.05) is 19.7 Å². The van der Waals surface area contributed by atoms with Crippen LogP contribution in [0.4, 0.5) is 0 Å². The van der Waals surface area contributed by atoms with Crippen LogP contribution in [-0.4, -0.2) is 87.2 Å². The molecule has 1 heterocycles. The highest BCUT2D eigenvalue weighted by molar-refractivity contribution is 5.87. The average molecular weight is 653 g/mol. The van der Waals surface area contributed by atoms with Gasteiger partial charge in [-0.15, -0.1) is 0 Å². The second kappa shape index (κ2) is 22.5. The van der Waals surface area contributed by atoms with E-state index in [1.165, 1.54) is 0 Å². The third-order valence-corrected chi connectivity index (χ3v) is 6.47. The molecule has 0 aromatic heterocycles. The van der Waals surface area contributed by atoms with Gasteiger partial charge in [0.05, 0.1) is 32.5 Å². The molecule has 13 nitrogen and oxygen atoms in total. The molecule has 0 amide bonds. The second-order valence-electron chi connectivity index (χ2n) is 11.1. The van der Waals surface area contributed by atoms with Crippen LogP contribution in [-0.2, 0) is 61.9 Å². The number of unbranched alkanes of at least 4 members (excludes halogenated alkanes) is 3. The highest BCUT2D eigenvalue weighted by Crippen LogP contribution is 2.22. The van der Waals surface area contributed by atoms with Crippen molar-refractivity contribution in [2.45, 2.75) is 103 Å². The van der Waals surface area contributed by atoms with E-state index in [2.05, 4.69) is 19.7 Å². The summed E-state index contributed by atoms with van der Waals surface area (Å²) in [5.74, 6) is -3.00. The van der Waals surface area contributed by atoms with Crippen LogP contribution in [0.5, 0.6) is 0 Å². The fraction of sp³-hybridized carbons (Fsp3) is 0.636. The molecule has 13 heteroatoms. The summed E-state index contributed by atoms with van der Waals surface area (Å²) in [6.07, 6.45) is 0.666. The monoisotopic (exact) mass is 652 g/mol. The zero-order chi connectivity index (χ0) is 34.5. The van der Waals surface area contributed by atoms with Crippen molar-refractivity contribution in [3.63, 3.8) is 0 Å². The summed E-state index contributed by atoms with van der Waals surface area (Å²) in [6.45, 7) is 15.4. The molecular formula is C33H48O13. The number of esters is 6. The lowest BCUT2D eigenvalue weighted by Crippen LogP contribution is -2.47. The predicted octanol–water partition coefficient (Wildman–Crippen LogP) is 4.01. The standard InChI is InChI=1S/C33H48O13/c1-22(2)31(37)40-16-10-7-13-28(34)44-20-25-19-26(45-29(35)14-8-11-17-41-32(38)23(3)4)27(21-43-25)46-30(36)15-9-12-18-42-33(39)24(5)6/h25-27H,1,3,5,7-21H2,2,4,6H3/t25-,26+,27-/m1/s1. The van der Waals surface area contributed by atoms with Gasteiger partial charge in [-0.3, -0.25) is 14.4 Å². The van der Waals surface area contributed by atoms with Gasteiger partial charge in [0, 0.05) is 42.4 Å². The maximum atomic E-state index is 12.6. The van der Waals surface area contributed by atoms with Gasteiger partial charge >= 0.3 is 35.8 Å². The molecule has 1 rings (SSSR count). The Morgan fingerprint density at radius 2 is 0.957 bits per heavy atom. The minimum Gasteiger partial charge on any atom is -0.463 e. The van der Waals surface area contributed by atoms with E-state index in [1.54, 1.807) is 20.8 Å². The van der Waals surface area contributed by atoms with E-state index in [4.69, 9.17) is 33.2 Å². The molecule has 1 aliphatic heterocycles. The number of carbonyl (C=O) groups excluding carboxylic acids is 6. The summed E-state index contributed by atoms with van der Waals surface area (Å²) in [5.41, 5.74) is 0.872. The molecule has 0 radical (unpaired) electrons. The first-order chi connectivity index (χ1) is 21.8. The van der Waals surface area contributed by atoms with Gasteiger partial charge in [-0.2, -0.15) is 0 Å². The molecule has 1 fully saturated rings. The Hall–Kier alpha value is -4.00. The first-order valence-electron chi connectivity index (χ1n) is 15.4. The van der Waals surface area contributed by atoms with E-state index in [9.17, 15) is 28.8 Å². The smallest absolute Gasteiger partial charge is 0.333 e. The van der Waals surface area contributed by atoms with Gasteiger partial charge in [0.15, 0.2) is 6.10 Å². The average Bonchev–Trinajstić information content (AvgIpc) is 2.99. The molecule has 258 valence electrons. The highest BCUT2D eigenvalue weighted by Gasteiger charge is 2.37. The molecule has 1 aliphatic rings. The largest absolute Gasteiger partial charge is 0.463 e. The topological polar surface area (TPSA) is 167 Å². The fourth-order valence-corrected chi connectivity index (χ4v) is 3.86. The van der Waals surface area contributed by atoms with Crippen molar-refractivity contribution < 1.29 is 61.9 Å². The van der Waals surface area contributed by atoms with Crippen LogP contribution in [0.15, 0.2) is 36.5 Å². The van der Waals surface area contributed by atoms with Crippen LogP contribution in [0.25, 0.3) is 0 Å². The Morgan fingerprint density at radius 1 is 0.565 bits per heavy atom. The zero-order valence-electron chi connectivity index (χ0n) is 27.3. The van der Waals surface area contributed by atoms with E-state index in [-0.39, 0.29) is 69.9 Å². The van der Waals surface area contributed by atoms with Crippen molar-refractivity contribution >= 4 is 35.8 Å². The lowest BCUT2D eigenvalue weighted by molar-refractivity contribution is -0.194. The maximum absolute atomic E-state index is 12.6. The molecule has 0 aromatic carbocycles. The third kappa shape index (κ3) is 18.1. The normalized spacial score (nSPS) is 17.2. The van der Waals surface area contributed by atoms with Gasteiger partial charge in [-0.25, -0.2) is 14.4 Å². The fourth-order valence-electron chi connectivity index (χ4n) is 3.86. The summed E-state index contributed by atoms with van der Waals surface area (Å²) in [5, 5.41) is 0. The van der Waals surface area contributed by atoms with Crippen molar-refractivity contribution in [3.8, 4) is 0 Å². The lowest BCUT2D eigenvalue weighted by Gasteiger charge is -2.35. The number of carbonyl (C=O) groups is 6. The Bertz CT molecular complexity index is 1090. The van der Waals surface area contributed by atoms with Crippen LogP contribution in [0.3, 0.4) is 0 Å². The van der Waals surface area contributed by atoms with Crippen LogP contribution >= 0.6 is 0 Å². The predicted molar refractivity (Wildman–Crippen MR) is 164 cm³/mol. The summed E-state index contributed by atoms with van der Waals surface area (Å²) in [7, 11) is 0. The second-order valence-corrected chi connectivity index (χ2v) is 11.1. The SMILES string of the molecule is C=C(C)C(=O)OCCCCC(=O)OC[C@H]1C[C@H](OC(=O)CCCCOC(=O)C(=C)C)[C@H](OC(=O)CCCCOC(=O)C(=C)C)CO1. The van der Waals surface area contributed by atoms with Gasteiger partial charge in [-0.05, 0) is 59.3 Å². The first-order valence-corrected chi connectivity index (χ1v) is 15.4. The van der Waals surface area contributed by atoms with Crippen molar-refractivity contribution in [1.29, 1.82) is 0 Å². The minimum absolute atomic E-state index is 0.0485. The van der Waals surface area contributed by atoms with Crippen molar-refractivity contribution in [2.24, 2.45) is 0 Å². The number of hydrogen-bond acceptors (Lipinski definition) is 13. The van der Waals surface area contributed by atoms with Crippen molar-refractivity contribution in [2.75, 3.05) is 33.0 Å². The Balaban J connectivity index is 2.57. The molecule has 0 aromatic rings. The van der Waals surface area contributed by atoms with Gasteiger partial charge in [0.1, 0.15) is 12.7 Å². The Morgan fingerprint density at radius 3 is 1.37 bits per heavy atom. The highest BCUT2D eigenvalue weighted by atomic mass is 16.6. The van der Waals surface area contributed by atoms with Crippen LogP contribution < -0.4 is 0 Å². The molecule has 0 N–H and O–H groups in total. The number of rotatable bonds is 22. The molecule has 0 spiro atoms. The summed E-state index contributed by atoms with van der Waals surface area (Å²) in [6, 6.07) is 0. The minimum atomic E-state index is -0.872. The van der Waals surface area contributed by atoms with Gasteiger partial charge in [0.2, 0.25) is 0 Å². The van der Waals surface area contributed by atoms with E-state index in [0.717, 1.165) is 0 Å². The van der Waals surface area contributed by atoms with E-state index < -0.39 is 54.1 Å². The van der Waals surface area contributed by atoms with Crippen LogP contribution in [0.2, 0.25) is 0 Å². The zero-order valence-corrected chi connectivity index (χ0v) is 27.3. The maximum Gasteiger partial charge on any atom is 0.333 e.